The molecule has 0 aromatic heterocycles. The molecule has 0 aliphatic carbocycles. The third-order valence-corrected chi connectivity index (χ3v) is 5.69. The van der Waals surface area contributed by atoms with E-state index in [-0.39, 0.29) is 0 Å². The van der Waals surface area contributed by atoms with Gasteiger partial charge < -0.3 is 5.32 Å². The number of hydrogen-bond acceptors (Lipinski definition) is 3. The average Bonchev–Trinajstić information content (AvgIpc) is 2.64. The van der Waals surface area contributed by atoms with Gasteiger partial charge in [-0.15, -0.1) is 11.8 Å². The molecule has 0 fully saturated rings. The van der Waals surface area contributed by atoms with E-state index >= 15 is 0 Å². The molecule has 0 spiro atoms. The van der Waals surface area contributed by atoms with Crippen LogP contribution in [0.4, 0.5) is 0 Å². The van der Waals surface area contributed by atoms with Gasteiger partial charge >= 0.3 is 0 Å². The lowest BCUT2D eigenvalue weighted by Gasteiger charge is -2.10. The fourth-order valence-electron chi connectivity index (χ4n) is 2.35. The highest BCUT2D eigenvalue weighted by atomic mass is 32.2. The lowest BCUT2D eigenvalue weighted by Crippen LogP contribution is -2.16. The molecule has 3 aromatic carbocycles. The van der Waals surface area contributed by atoms with Crippen LogP contribution in [0.25, 0.3) is 0 Å². The Morgan fingerprint density at radius 2 is 1.29 bits per heavy atom. The molecule has 0 bridgehead atoms. The molecule has 0 saturated carbocycles. The average molecular weight is 352 g/mol. The third kappa shape index (κ3) is 5.45. The number of rotatable bonds is 8. The Morgan fingerprint density at radius 3 is 2.04 bits per heavy atom. The normalized spacial score (nSPS) is 10.7. The molecule has 0 saturated heterocycles. The van der Waals surface area contributed by atoms with Gasteiger partial charge in [-0.3, -0.25) is 0 Å². The summed E-state index contributed by atoms with van der Waals surface area (Å²) in [6, 6.07) is 29.8. The van der Waals surface area contributed by atoms with Crippen LogP contribution >= 0.6 is 23.5 Å². The molecule has 0 atom stereocenters. The summed E-state index contributed by atoms with van der Waals surface area (Å²) in [6.07, 6.45) is 0. The second kappa shape index (κ2) is 9.58. The van der Waals surface area contributed by atoms with Crippen molar-refractivity contribution in [3.8, 4) is 0 Å². The molecule has 3 aromatic rings. The second-order valence-corrected chi connectivity index (χ2v) is 7.64. The van der Waals surface area contributed by atoms with Crippen LogP contribution in [0.1, 0.15) is 5.56 Å². The molecule has 3 rings (SSSR count). The van der Waals surface area contributed by atoms with Crippen LogP contribution in [0, 0.1) is 0 Å². The molecule has 3 heteroatoms. The zero-order valence-corrected chi connectivity index (χ0v) is 15.2. The van der Waals surface area contributed by atoms with E-state index in [9.17, 15) is 0 Å². The van der Waals surface area contributed by atoms with Gasteiger partial charge in [-0.25, -0.2) is 0 Å². The summed E-state index contributed by atoms with van der Waals surface area (Å²) < 4.78 is 0. The highest BCUT2D eigenvalue weighted by Gasteiger charge is 2.03. The molecule has 24 heavy (non-hydrogen) atoms. The van der Waals surface area contributed by atoms with Gasteiger partial charge in [-0.05, 0) is 35.9 Å². The van der Waals surface area contributed by atoms with Gasteiger partial charge in [0, 0.05) is 33.5 Å². The van der Waals surface area contributed by atoms with Gasteiger partial charge in [0.05, 0.1) is 0 Å². The number of benzene rings is 3. The minimum Gasteiger partial charge on any atom is -0.312 e. The lowest BCUT2D eigenvalue weighted by molar-refractivity contribution is 0.723. The van der Waals surface area contributed by atoms with Crippen molar-refractivity contribution in [3.63, 3.8) is 0 Å². The van der Waals surface area contributed by atoms with Crippen LogP contribution in [-0.2, 0) is 6.54 Å². The molecule has 1 N–H and O–H groups in total. The van der Waals surface area contributed by atoms with Gasteiger partial charge in [-0.1, -0.05) is 66.4 Å². The van der Waals surface area contributed by atoms with Gasteiger partial charge in [0.2, 0.25) is 0 Å². The second-order valence-electron chi connectivity index (χ2n) is 5.36. The quantitative estimate of drug-likeness (QED) is 0.412. The van der Waals surface area contributed by atoms with Crippen LogP contribution < -0.4 is 5.32 Å². The van der Waals surface area contributed by atoms with E-state index in [0.717, 1.165) is 18.8 Å². The first kappa shape index (κ1) is 17.2. The highest BCUT2D eigenvalue weighted by Crippen LogP contribution is 2.30. The van der Waals surface area contributed by atoms with E-state index in [1.165, 1.54) is 20.2 Å². The molecule has 0 aliphatic rings. The molecule has 1 nitrogen and oxygen atoms in total. The van der Waals surface area contributed by atoms with Crippen LogP contribution in [0.2, 0.25) is 0 Å². The van der Waals surface area contributed by atoms with Gasteiger partial charge in [0.1, 0.15) is 0 Å². The fraction of sp³-hybridized carbons (Fsp3) is 0.143. The Balaban J connectivity index is 1.48. The summed E-state index contributed by atoms with van der Waals surface area (Å²) in [5.74, 6) is 1.08. The van der Waals surface area contributed by atoms with E-state index in [4.69, 9.17) is 0 Å². The lowest BCUT2D eigenvalue weighted by atomic mass is 10.2. The monoisotopic (exact) mass is 351 g/mol. The van der Waals surface area contributed by atoms with Crippen molar-refractivity contribution < 1.29 is 0 Å². The van der Waals surface area contributed by atoms with Crippen molar-refractivity contribution in [1.82, 2.24) is 5.32 Å². The van der Waals surface area contributed by atoms with E-state index in [0.29, 0.717) is 0 Å². The molecule has 0 amide bonds. The molecule has 122 valence electrons. The Bertz CT molecular complexity index is 729. The smallest absolute Gasteiger partial charge is 0.0217 e. The minimum absolute atomic E-state index is 0.908. The standard InChI is InChI=1S/C21H21NS2/c1-3-10-19(11-4-1)23-16-15-22-17-18-9-7-8-14-21(18)24-20-12-5-2-6-13-20/h1-14,22H,15-17H2. The van der Waals surface area contributed by atoms with E-state index < -0.39 is 0 Å². The van der Waals surface area contributed by atoms with Crippen LogP contribution in [0.3, 0.4) is 0 Å². The van der Waals surface area contributed by atoms with Crippen molar-refractivity contribution in [1.29, 1.82) is 0 Å². The number of hydrogen-bond donors (Lipinski definition) is 1. The highest BCUT2D eigenvalue weighted by molar-refractivity contribution is 7.99. The van der Waals surface area contributed by atoms with E-state index in [1.807, 2.05) is 23.5 Å². The summed E-state index contributed by atoms with van der Waals surface area (Å²) in [4.78, 5) is 3.94. The maximum absolute atomic E-state index is 3.56. The number of thioether (sulfide) groups is 1. The van der Waals surface area contributed by atoms with Crippen molar-refractivity contribution in [2.75, 3.05) is 12.3 Å². The zero-order chi connectivity index (χ0) is 16.5. The summed E-state index contributed by atoms with van der Waals surface area (Å²) in [5.41, 5.74) is 1.36. The van der Waals surface area contributed by atoms with Crippen LogP contribution in [0.15, 0.2) is 99.6 Å². The molecule has 0 unspecified atom stereocenters. The van der Waals surface area contributed by atoms with Gasteiger partial charge in [-0.2, -0.15) is 0 Å². The first-order valence-electron chi connectivity index (χ1n) is 8.11. The largest absolute Gasteiger partial charge is 0.312 e. The molecule has 0 heterocycles. The fourth-order valence-corrected chi connectivity index (χ4v) is 4.14. The summed E-state index contributed by atoms with van der Waals surface area (Å²) in [5, 5.41) is 3.56. The van der Waals surface area contributed by atoms with Crippen LogP contribution in [-0.4, -0.2) is 12.3 Å². The molecular weight excluding hydrogens is 330 g/mol. The topological polar surface area (TPSA) is 12.0 Å². The minimum atomic E-state index is 0.908. The Kier molecular flexibility index (Phi) is 6.84. The predicted molar refractivity (Wildman–Crippen MR) is 106 cm³/mol. The predicted octanol–water partition coefficient (Wildman–Crippen LogP) is 5.72. The van der Waals surface area contributed by atoms with Gasteiger partial charge in [0.15, 0.2) is 0 Å². The van der Waals surface area contributed by atoms with E-state index in [2.05, 4.69) is 90.2 Å². The maximum Gasteiger partial charge on any atom is 0.0217 e. The first-order valence-corrected chi connectivity index (χ1v) is 9.91. The Labute approximate surface area is 152 Å². The van der Waals surface area contributed by atoms with Crippen molar-refractivity contribution >= 4 is 23.5 Å². The van der Waals surface area contributed by atoms with Crippen LogP contribution in [0.5, 0.6) is 0 Å². The van der Waals surface area contributed by atoms with Crippen molar-refractivity contribution in [2.24, 2.45) is 0 Å². The summed E-state index contributed by atoms with van der Waals surface area (Å²) >= 11 is 3.72. The SMILES string of the molecule is c1ccc(SCCNCc2ccccc2Sc2ccccc2)cc1. The van der Waals surface area contributed by atoms with Gasteiger partial charge in [0.25, 0.3) is 0 Å². The Hall–Kier alpha value is -1.68. The van der Waals surface area contributed by atoms with Crippen molar-refractivity contribution in [2.45, 2.75) is 21.2 Å². The summed E-state index contributed by atoms with van der Waals surface area (Å²) in [7, 11) is 0. The molecule has 0 aliphatic heterocycles. The van der Waals surface area contributed by atoms with Crippen molar-refractivity contribution in [3.05, 3.63) is 90.5 Å². The molecular formula is C21H21NS2. The number of nitrogens with one attached hydrogen (secondary N) is 1. The van der Waals surface area contributed by atoms with E-state index in [1.54, 1.807) is 0 Å². The first-order chi connectivity index (χ1) is 11.9. The summed E-state index contributed by atoms with van der Waals surface area (Å²) in [6.45, 7) is 1.91. The maximum atomic E-state index is 3.56. The third-order valence-electron chi connectivity index (χ3n) is 3.55. The Morgan fingerprint density at radius 1 is 0.667 bits per heavy atom. The molecule has 0 radical (unpaired) electrons. The zero-order valence-electron chi connectivity index (χ0n) is 13.5.